The molecule has 31 heavy (non-hydrogen) atoms. The fourth-order valence-electron chi connectivity index (χ4n) is 4.47. The summed E-state index contributed by atoms with van der Waals surface area (Å²) in [6.45, 7) is 0.554. The van der Waals surface area contributed by atoms with Crippen molar-refractivity contribution in [3.63, 3.8) is 0 Å². The Morgan fingerprint density at radius 1 is 0.871 bits per heavy atom. The topological polar surface area (TPSA) is 67.3 Å². The lowest BCUT2D eigenvalue weighted by atomic mass is 10.0. The van der Waals surface area contributed by atoms with Gasteiger partial charge in [0, 0.05) is 23.4 Å². The first-order valence-corrected chi connectivity index (χ1v) is 12.1. The molecule has 156 valence electrons. The maximum atomic E-state index is 13.8. The van der Waals surface area contributed by atoms with Crippen LogP contribution in [0.15, 0.2) is 83.8 Å². The maximum Gasteiger partial charge on any atom is 0.255 e. The van der Waals surface area contributed by atoms with Crippen molar-refractivity contribution < 1.29 is 13.2 Å². The average Bonchev–Trinajstić information content (AvgIpc) is 3.25. The van der Waals surface area contributed by atoms with Crippen LogP contribution in [0.2, 0.25) is 0 Å². The fourth-order valence-corrected chi connectivity index (χ4v) is 6.09. The van der Waals surface area contributed by atoms with Crippen molar-refractivity contribution in [2.24, 2.45) is 0 Å². The lowest BCUT2D eigenvalue weighted by Crippen LogP contribution is -2.39. The molecule has 0 spiro atoms. The predicted octanol–water partition coefficient (Wildman–Crippen LogP) is 4.47. The lowest BCUT2D eigenvalue weighted by molar-refractivity contribution is 0.0753. The summed E-state index contributed by atoms with van der Waals surface area (Å²) >= 11 is 0. The van der Waals surface area contributed by atoms with Crippen LogP contribution in [0.4, 0.5) is 0 Å². The summed E-state index contributed by atoms with van der Waals surface area (Å²) < 4.78 is 25.9. The maximum absolute atomic E-state index is 13.8. The van der Waals surface area contributed by atoms with E-state index in [2.05, 4.69) is 0 Å². The molecule has 0 bridgehead atoms. The minimum absolute atomic E-state index is 0.0658. The first-order chi connectivity index (χ1) is 15.0. The van der Waals surface area contributed by atoms with Crippen molar-refractivity contribution in [3.05, 3.63) is 84.4 Å². The highest BCUT2D eigenvalue weighted by Gasteiger charge is 2.34. The Morgan fingerprint density at radius 3 is 2.10 bits per heavy atom. The molecule has 6 heteroatoms. The molecule has 0 radical (unpaired) electrons. The fraction of sp³-hybridized carbons (Fsp3) is 0.200. The van der Waals surface area contributed by atoms with Gasteiger partial charge in [0.15, 0.2) is 9.84 Å². The highest BCUT2D eigenvalue weighted by molar-refractivity contribution is 7.91. The third-order valence-corrected chi connectivity index (χ3v) is 7.77. The molecule has 1 unspecified atom stereocenters. The number of para-hydroxylation sites is 2. The van der Waals surface area contributed by atoms with Gasteiger partial charge in [-0.3, -0.25) is 4.79 Å². The van der Waals surface area contributed by atoms with Crippen LogP contribution >= 0.6 is 0 Å². The van der Waals surface area contributed by atoms with Crippen molar-refractivity contribution in [2.45, 2.75) is 23.8 Å². The predicted molar refractivity (Wildman–Crippen MR) is 122 cm³/mol. The highest BCUT2D eigenvalue weighted by atomic mass is 32.2. The molecule has 1 aliphatic rings. The number of pyridine rings is 1. The van der Waals surface area contributed by atoms with Crippen LogP contribution < -0.4 is 0 Å². The van der Waals surface area contributed by atoms with Crippen molar-refractivity contribution in [1.29, 1.82) is 0 Å². The Morgan fingerprint density at radius 2 is 1.45 bits per heavy atom. The summed E-state index contributed by atoms with van der Waals surface area (Å²) in [6, 6.07) is 23.4. The molecule has 1 aromatic heterocycles. The monoisotopic (exact) mass is 430 g/mol. The molecular formula is C25H22N2O3S. The van der Waals surface area contributed by atoms with Crippen molar-refractivity contribution in [1.82, 2.24) is 9.88 Å². The van der Waals surface area contributed by atoms with E-state index in [1.54, 1.807) is 35.2 Å². The van der Waals surface area contributed by atoms with Crippen LogP contribution in [-0.4, -0.2) is 42.5 Å². The minimum Gasteiger partial charge on any atom is -0.335 e. The van der Waals surface area contributed by atoms with Crippen LogP contribution in [0.25, 0.3) is 21.8 Å². The number of hydrogen-bond donors (Lipinski definition) is 0. The zero-order valence-electron chi connectivity index (χ0n) is 16.9. The van der Waals surface area contributed by atoms with Crippen molar-refractivity contribution in [3.8, 4) is 0 Å². The van der Waals surface area contributed by atoms with E-state index in [-0.39, 0.29) is 17.7 Å². The summed E-state index contributed by atoms with van der Waals surface area (Å²) in [5.74, 6) is -0.190. The summed E-state index contributed by atoms with van der Waals surface area (Å²) in [7, 11) is -3.48. The van der Waals surface area contributed by atoms with Gasteiger partial charge in [0.2, 0.25) is 0 Å². The van der Waals surface area contributed by atoms with E-state index in [4.69, 9.17) is 4.98 Å². The van der Waals surface area contributed by atoms with Crippen LogP contribution in [0.1, 0.15) is 23.2 Å². The Hall–Kier alpha value is -3.25. The van der Waals surface area contributed by atoms with Crippen LogP contribution in [0, 0.1) is 0 Å². The number of rotatable bonds is 4. The Labute approximate surface area is 181 Å². The Kier molecular flexibility index (Phi) is 4.94. The molecule has 1 aliphatic heterocycles. The molecule has 0 saturated carbocycles. The van der Waals surface area contributed by atoms with Gasteiger partial charge in [-0.25, -0.2) is 13.4 Å². The zero-order chi connectivity index (χ0) is 21.4. The van der Waals surface area contributed by atoms with Gasteiger partial charge in [0.05, 0.1) is 27.2 Å². The molecule has 5 nitrogen and oxygen atoms in total. The second-order valence-electron chi connectivity index (χ2n) is 7.91. The molecule has 5 rings (SSSR count). The van der Waals surface area contributed by atoms with E-state index in [1.165, 1.54) is 0 Å². The van der Waals surface area contributed by atoms with Gasteiger partial charge >= 0.3 is 0 Å². The number of likely N-dealkylation sites (tertiary alicyclic amines) is 1. The van der Waals surface area contributed by atoms with Gasteiger partial charge in [-0.05, 0) is 37.1 Å². The molecule has 0 N–H and O–H groups in total. The number of benzene rings is 3. The molecule has 4 aromatic rings. The van der Waals surface area contributed by atoms with E-state index in [0.717, 1.165) is 28.2 Å². The molecular weight excluding hydrogens is 408 g/mol. The summed E-state index contributed by atoms with van der Waals surface area (Å²) in [5.41, 5.74) is 2.12. The minimum atomic E-state index is -3.48. The highest BCUT2D eigenvalue weighted by Crippen LogP contribution is 2.30. The third kappa shape index (κ3) is 3.57. The lowest BCUT2D eigenvalue weighted by Gasteiger charge is -2.26. The molecule has 1 fully saturated rings. The molecule has 3 aromatic carbocycles. The number of aromatic nitrogens is 1. The van der Waals surface area contributed by atoms with E-state index in [1.807, 2.05) is 48.5 Å². The quantitative estimate of drug-likeness (QED) is 0.448. The summed E-state index contributed by atoms with van der Waals surface area (Å²) in [6.07, 6.45) is 1.47. The van der Waals surface area contributed by atoms with E-state index in [0.29, 0.717) is 23.4 Å². The second-order valence-corrected chi connectivity index (χ2v) is 9.94. The number of amides is 1. The summed E-state index contributed by atoms with van der Waals surface area (Å²) in [5, 5.41) is 1.59. The van der Waals surface area contributed by atoms with E-state index in [9.17, 15) is 13.2 Å². The zero-order valence-corrected chi connectivity index (χ0v) is 17.8. The van der Waals surface area contributed by atoms with Gasteiger partial charge in [0.1, 0.15) is 0 Å². The van der Waals surface area contributed by atoms with E-state index >= 15 is 0 Å². The Balaban J connectivity index is 1.56. The normalized spacial score (nSPS) is 16.8. The van der Waals surface area contributed by atoms with Gasteiger partial charge in [-0.15, -0.1) is 0 Å². The summed E-state index contributed by atoms with van der Waals surface area (Å²) in [4.78, 5) is 20.6. The van der Waals surface area contributed by atoms with Crippen LogP contribution in [0.5, 0.6) is 0 Å². The largest absolute Gasteiger partial charge is 0.335 e. The van der Waals surface area contributed by atoms with Crippen molar-refractivity contribution >= 4 is 37.6 Å². The van der Waals surface area contributed by atoms with E-state index < -0.39 is 9.84 Å². The van der Waals surface area contributed by atoms with Gasteiger partial charge in [-0.2, -0.15) is 0 Å². The van der Waals surface area contributed by atoms with Gasteiger partial charge in [0.25, 0.3) is 5.91 Å². The SMILES string of the molecule is O=C(c1c2ccccc2nc2ccccc12)N1CCCC1CS(=O)(=O)c1ccccc1. The number of carbonyl (C=O) groups excluding carboxylic acids is 1. The van der Waals surface area contributed by atoms with Crippen molar-refractivity contribution in [2.75, 3.05) is 12.3 Å². The third-order valence-electron chi connectivity index (χ3n) is 5.95. The van der Waals surface area contributed by atoms with Gasteiger partial charge < -0.3 is 4.90 Å². The molecule has 0 aliphatic carbocycles. The average molecular weight is 431 g/mol. The standard InChI is InChI=1S/C25H22N2O3S/c28-25(24-20-12-4-6-14-22(20)26-23-15-7-5-13-21(23)24)27-16-8-9-18(27)17-31(29,30)19-10-2-1-3-11-19/h1-7,10-15,18H,8-9,16-17H2. The molecule has 1 saturated heterocycles. The first kappa shape index (κ1) is 19.7. The molecule has 2 heterocycles. The number of fused-ring (bicyclic) bond motifs is 2. The number of nitrogens with zero attached hydrogens (tertiary/aromatic N) is 2. The number of sulfone groups is 1. The van der Waals surface area contributed by atoms with Crippen LogP contribution in [0.3, 0.4) is 0 Å². The molecule has 1 amide bonds. The molecule has 1 atom stereocenters. The Bertz CT molecular complexity index is 1330. The number of hydrogen-bond acceptors (Lipinski definition) is 4. The van der Waals surface area contributed by atoms with Crippen LogP contribution in [-0.2, 0) is 9.84 Å². The van der Waals surface area contributed by atoms with Gasteiger partial charge in [-0.1, -0.05) is 54.6 Å². The first-order valence-electron chi connectivity index (χ1n) is 10.4. The number of carbonyl (C=O) groups is 1. The second kappa shape index (κ2) is 7.78. The smallest absolute Gasteiger partial charge is 0.255 e.